The van der Waals surface area contributed by atoms with Crippen molar-refractivity contribution in [3.05, 3.63) is 35.9 Å². The molecule has 0 heterocycles. The molecular weight excluding hydrogens is 272 g/mol. The average Bonchev–Trinajstić information content (AvgIpc) is 2.43. The molecular formula is C16H27ClN2O. The molecule has 20 heavy (non-hydrogen) atoms. The van der Waals surface area contributed by atoms with Gasteiger partial charge in [-0.2, -0.15) is 0 Å². The molecule has 0 fully saturated rings. The van der Waals surface area contributed by atoms with Gasteiger partial charge in [-0.25, -0.2) is 0 Å². The molecule has 0 spiro atoms. The number of amides is 1. The molecule has 3 nitrogen and oxygen atoms in total. The maximum atomic E-state index is 12.5. The fraction of sp³-hybridized carbons (Fsp3) is 0.562. The summed E-state index contributed by atoms with van der Waals surface area (Å²) in [6.45, 7) is 9.71. The Balaban J connectivity index is 0.00000361. The minimum absolute atomic E-state index is 0. The third-order valence-corrected chi connectivity index (χ3v) is 3.39. The maximum Gasteiger partial charge on any atom is 0.227 e. The average molecular weight is 299 g/mol. The molecule has 0 aliphatic carbocycles. The first-order chi connectivity index (χ1) is 8.97. The quantitative estimate of drug-likeness (QED) is 0.876. The van der Waals surface area contributed by atoms with Crippen LogP contribution >= 0.6 is 12.4 Å². The Morgan fingerprint density at radius 2 is 1.75 bits per heavy atom. The van der Waals surface area contributed by atoms with Crippen molar-refractivity contribution >= 4 is 18.3 Å². The number of halogens is 1. The smallest absolute Gasteiger partial charge is 0.227 e. The molecule has 0 aliphatic rings. The van der Waals surface area contributed by atoms with E-state index in [4.69, 9.17) is 5.73 Å². The summed E-state index contributed by atoms with van der Waals surface area (Å²) in [7, 11) is 0. The van der Waals surface area contributed by atoms with E-state index in [0.29, 0.717) is 5.92 Å². The summed E-state index contributed by atoms with van der Waals surface area (Å²) < 4.78 is 0. The second-order valence-corrected chi connectivity index (χ2v) is 5.50. The first-order valence-corrected chi connectivity index (χ1v) is 7.06. The van der Waals surface area contributed by atoms with E-state index >= 15 is 0 Å². The van der Waals surface area contributed by atoms with E-state index < -0.39 is 0 Å². The highest BCUT2D eigenvalue weighted by molar-refractivity contribution is 5.85. The molecule has 114 valence electrons. The zero-order chi connectivity index (χ0) is 14.4. The lowest BCUT2D eigenvalue weighted by atomic mass is 9.94. The minimum Gasteiger partial charge on any atom is -0.342 e. The summed E-state index contributed by atoms with van der Waals surface area (Å²) >= 11 is 0. The Kier molecular flexibility index (Phi) is 8.51. The fourth-order valence-corrected chi connectivity index (χ4v) is 2.22. The van der Waals surface area contributed by atoms with Crippen LogP contribution in [0.3, 0.4) is 0 Å². The van der Waals surface area contributed by atoms with Gasteiger partial charge in [-0.3, -0.25) is 4.79 Å². The number of rotatable bonds is 6. The lowest BCUT2D eigenvalue weighted by Gasteiger charge is -2.29. The van der Waals surface area contributed by atoms with Gasteiger partial charge >= 0.3 is 0 Å². The number of nitrogens with zero attached hydrogens (tertiary/aromatic N) is 1. The summed E-state index contributed by atoms with van der Waals surface area (Å²) in [5.74, 6) is 0.428. The van der Waals surface area contributed by atoms with Crippen molar-refractivity contribution < 1.29 is 4.79 Å². The highest BCUT2D eigenvalue weighted by Gasteiger charge is 2.26. The van der Waals surface area contributed by atoms with Crippen LogP contribution in [0.1, 0.15) is 39.3 Å². The van der Waals surface area contributed by atoms with Crippen molar-refractivity contribution in [3.63, 3.8) is 0 Å². The van der Waals surface area contributed by atoms with Gasteiger partial charge in [0.2, 0.25) is 5.91 Å². The van der Waals surface area contributed by atoms with E-state index in [1.165, 1.54) is 0 Å². The Labute approximate surface area is 128 Å². The highest BCUT2D eigenvalue weighted by Crippen LogP contribution is 2.21. The SMILES string of the molecule is CCN(CC(C)C)C(=O)C(C)C(N)c1ccccc1.Cl. The second kappa shape index (κ2) is 8.98. The third kappa shape index (κ3) is 5.14. The molecule has 2 unspecified atom stereocenters. The van der Waals surface area contributed by atoms with Crippen molar-refractivity contribution in [2.24, 2.45) is 17.6 Å². The zero-order valence-electron chi connectivity index (χ0n) is 12.9. The molecule has 0 aromatic heterocycles. The molecule has 1 rings (SSSR count). The van der Waals surface area contributed by atoms with Gasteiger partial charge in [0.05, 0.1) is 5.92 Å². The Morgan fingerprint density at radius 3 is 2.20 bits per heavy atom. The van der Waals surface area contributed by atoms with Crippen molar-refractivity contribution in [1.29, 1.82) is 0 Å². The first kappa shape index (κ1) is 18.9. The lowest BCUT2D eigenvalue weighted by molar-refractivity contribution is -0.136. The van der Waals surface area contributed by atoms with E-state index in [9.17, 15) is 4.79 Å². The molecule has 1 aromatic rings. The Bertz CT molecular complexity index is 395. The number of carbonyl (C=O) groups excluding carboxylic acids is 1. The largest absolute Gasteiger partial charge is 0.342 e. The standard InChI is InChI=1S/C16H26N2O.ClH/c1-5-18(11-12(2)3)16(19)13(4)15(17)14-9-7-6-8-10-14;/h6-10,12-13,15H,5,11,17H2,1-4H3;1H. The molecule has 1 aromatic carbocycles. The van der Waals surface area contributed by atoms with Crippen molar-refractivity contribution in [3.8, 4) is 0 Å². The molecule has 0 bridgehead atoms. The van der Waals surface area contributed by atoms with Crippen LogP contribution in [0.25, 0.3) is 0 Å². The lowest BCUT2D eigenvalue weighted by Crippen LogP contribution is -2.41. The van der Waals surface area contributed by atoms with Crippen LogP contribution in [0.15, 0.2) is 30.3 Å². The molecule has 0 aliphatic heterocycles. The van der Waals surface area contributed by atoms with E-state index in [-0.39, 0.29) is 30.3 Å². The third-order valence-electron chi connectivity index (χ3n) is 3.39. The maximum absolute atomic E-state index is 12.5. The number of benzene rings is 1. The fourth-order valence-electron chi connectivity index (χ4n) is 2.22. The van der Waals surface area contributed by atoms with Crippen LogP contribution in [0, 0.1) is 11.8 Å². The van der Waals surface area contributed by atoms with E-state index in [1.807, 2.05) is 49.1 Å². The van der Waals surface area contributed by atoms with Crippen molar-refractivity contribution in [2.45, 2.75) is 33.7 Å². The van der Waals surface area contributed by atoms with Gasteiger partial charge in [0.15, 0.2) is 0 Å². The van der Waals surface area contributed by atoms with Gasteiger partial charge in [0.1, 0.15) is 0 Å². The summed E-state index contributed by atoms with van der Waals surface area (Å²) in [5.41, 5.74) is 7.23. The van der Waals surface area contributed by atoms with Crippen molar-refractivity contribution in [2.75, 3.05) is 13.1 Å². The molecule has 0 radical (unpaired) electrons. The van der Waals surface area contributed by atoms with Crippen LogP contribution in [-0.4, -0.2) is 23.9 Å². The normalized spacial score (nSPS) is 13.5. The van der Waals surface area contributed by atoms with E-state index in [2.05, 4.69) is 13.8 Å². The van der Waals surface area contributed by atoms with Crippen molar-refractivity contribution in [1.82, 2.24) is 4.90 Å². The highest BCUT2D eigenvalue weighted by atomic mass is 35.5. The molecule has 4 heteroatoms. The summed E-state index contributed by atoms with van der Waals surface area (Å²) in [4.78, 5) is 14.4. The van der Waals surface area contributed by atoms with Gasteiger partial charge in [0, 0.05) is 19.1 Å². The minimum atomic E-state index is -0.241. The topological polar surface area (TPSA) is 46.3 Å². The second-order valence-electron chi connectivity index (χ2n) is 5.50. The zero-order valence-corrected chi connectivity index (χ0v) is 13.7. The van der Waals surface area contributed by atoms with E-state index in [1.54, 1.807) is 0 Å². The molecule has 0 saturated carbocycles. The Morgan fingerprint density at radius 1 is 1.20 bits per heavy atom. The molecule has 2 atom stereocenters. The monoisotopic (exact) mass is 298 g/mol. The first-order valence-electron chi connectivity index (χ1n) is 7.06. The van der Waals surface area contributed by atoms with Gasteiger partial charge in [0.25, 0.3) is 0 Å². The van der Waals surface area contributed by atoms with Gasteiger partial charge < -0.3 is 10.6 Å². The number of carbonyl (C=O) groups is 1. The predicted molar refractivity (Wildman–Crippen MR) is 86.9 cm³/mol. The summed E-state index contributed by atoms with van der Waals surface area (Å²) in [6, 6.07) is 9.59. The number of nitrogens with two attached hydrogens (primary N) is 1. The van der Waals surface area contributed by atoms with Crippen LogP contribution in [0.5, 0.6) is 0 Å². The number of hydrogen-bond acceptors (Lipinski definition) is 2. The molecule has 1 amide bonds. The number of hydrogen-bond donors (Lipinski definition) is 1. The summed E-state index contributed by atoms with van der Waals surface area (Å²) in [5, 5.41) is 0. The van der Waals surface area contributed by atoms with Crippen LogP contribution < -0.4 is 5.73 Å². The Hall–Kier alpha value is -1.06. The van der Waals surface area contributed by atoms with Crippen LogP contribution in [0.2, 0.25) is 0 Å². The van der Waals surface area contributed by atoms with E-state index in [0.717, 1.165) is 18.7 Å². The molecule has 0 saturated heterocycles. The van der Waals surface area contributed by atoms with Gasteiger partial charge in [-0.1, -0.05) is 51.1 Å². The van der Waals surface area contributed by atoms with Crippen LogP contribution in [-0.2, 0) is 4.79 Å². The van der Waals surface area contributed by atoms with Gasteiger partial charge in [-0.15, -0.1) is 12.4 Å². The molecule has 2 N–H and O–H groups in total. The predicted octanol–water partition coefficient (Wildman–Crippen LogP) is 3.25. The summed E-state index contributed by atoms with van der Waals surface area (Å²) in [6.07, 6.45) is 0. The van der Waals surface area contributed by atoms with Gasteiger partial charge in [-0.05, 0) is 18.4 Å². The van der Waals surface area contributed by atoms with Crippen LogP contribution in [0.4, 0.5) is 0 Å².